The van der Waals surface area contributed by atoms with Crippen LogP contribution in [0.5, 0.6) is 0 Å². The second-order valence-electron chi connectivity index (χ2n) is 2.96. The molecule has 1 heterocycles. The van der Waals surface area contributed by atoms with Crippen molar-refractivity contribution in [3.8, 4) is 0 Å². The van der Waals surface area contributed by atoms with Crippen molar-refractivity contribution in [1.82, 2.24) is 9.97 Å². The summed E-state index contributed by atoms with van der Waals surface area (Å²) in [5.74, 6) is 0. The van der Waals surface area contributed by atoms with Gasteiger partial charge in [-0.05, 0) is 18.1 Å². The first-order chi connectivity index (χ1) is 6.29. The molecule has 1 N–H and O–H groups in total. The highest BCUT2D eigenvalue weighted by molar-refractivity contribution is 5.77. The van der Waals surface area contributed by atoms with Crippen LogP contribution in [-0.4, -0.2) is 9.97 Å². The van der Waals surface area contributed by atoms with Crippen LogP contribution in [0.3, 0.4) is 0 Å². The number of nitrogens with one attached hydrogen (secondary N) is 1. The standard InChI is InChI=1S/C10H10N2O/c1-2-7-3-4-8-6-11-10(13)12-9(8)5-7/h3-6H,2H2,1H3,(H,11,12,13). The lowest BCUT2D eigenvalue weighted by molar-refractivity contribution is 1.10. The molecule has 1 aromatic heterocycles. The number of aromatic nitrogens is 2. The summed E-state index contributed by atoms with van der Waals surface area (Å²) in [4.78, 5) is 17.3. The van der Waals surface area contributed by atoms with Gasteiger partial charge < -0.3 is 4.98 Å². The Hall–Kier alpha value is -1.64. The molecule has 0 spiro atoms. The molecule has 0 bridgehead atoms. The molecule has 2 rings (SSSR count). The van der Waals surface area contributed by atoms with E-state index in [0.29, 0.717) is 0 Å². The summed E-state index contributed by atoms with van der Waals surface area (Å²) in [7, 11) is 0. The van der Waals surface area contributed by atoms with Crippen molar-refractivity contribution < 1.29 is 0 Å². The molecule has 0 unspecified atom stereocenters. The minimum atomic E-state index is -0.291. The van der Waals surface area contributed by atoms with Gasteiger partial charge in [0.15, 0.2) is 0 Å². The molecular weight excluding hydrogens is 164 g/mol. The van der Waals surface area contributed by atoms with Crippen LogP contribution < -0.4 is 5.69 Å². The SMILES string of the molecule is CCc1ccc2cnc(=O)[nH]c2c1. The number of fused-ring (bicyclic) bond motifs is 1. The van der Waals surface area contributed by atoms with E-state index in [-0.39, 0.29) is 5.69 Å². The van der Waals surface area contributed by atoms with Gasteiger partial charge in [-0.25, -0.2) is 9.78 Å². The number of aromatic amines is 1. The lowest BCUT2D eigenvalue weighted by atomic mass is 10.1. The van der Waals surface area contributed by atoms with Gasteiger partial charge in [0.05, 0.1) is 5.52 Å². The third-order valence-corrected chi connectivity index (χ3v) is 2.09. The number of rotatable bonds is 1. The lowest BCUT2D eigenvalue weighted by Gasteiger charge is -1.99. The summed E-state index contributed by atoms with van der Waals surface area (Å²) in [5.41, 5.74) is 1.79. The first kappa shape index (κ1) is 7.98. The molecule has 0 aliphatic heterocycles. The Morgan fingerprint density at radius 1 is 1.46 bits per heavy atom. The number of benzene rings is 1. The number of H-pyrrole nitrogens is 1. The van der Waals surface area contributed by atoms with E-state index in [1.165, 1.54) is 5.56 Å². The van der Waals surface area contributed by atoms with Crippen LogP contribution in [0.4, 0.5) is 0 Å². The number of hydrogen-bond donors (Lipinski definition) is 1. The normalized spacial score (nSPS) is 10.5. The Morgan fingerprint density at radius 2 is 2.31 bits per heavy atom. The summed E-state index contributed by atoms with van der Waals surface area (Å²) >= 11 is 0. The van der Waals surface area contributed by atoms with Gasteiger partial charge in [-0.3, -0.25) is 0 Å². The molecule has 66 valence electrons. The zero-order valence-corrected chi connectivity index (χ0v) is 7.37. The first-order valence-electron chi connectivity index (χ1n) is 4.27. The number of aryl methyl sites for hydroxylation is 1. The third-order valence-electron chi connectivity index (χ3n) is 2.09. The van der Waals surface area contributed by atoms with Crippen LogP contribution in [-0.2, 0) is 6.42 Å². The summed E-state index contributed by atoms with van der Waals surface area (Å²) in [6.07, 6.45) is 2.56. The molecule has 0 aliphatic rings. The molecule has 0 amide bonds. The van der Waals surface area contributed by atoms with E-state index in [4.69, 9.17) is 0 Å². The molecule has 0 saturated heterocycles. The molecule has 1 aromatic carbocycles. The van der Waals surface area contributed by atoms with Crippen LogP contribution in [0.2, 0.25) is 0 Å². The van der Waals surface area contributed by atoms with E-state index in [2.05, 4.69) is 16.9 Å². The molecule has 3 nitrogen and oxygen atoms in total. The average molecular weight is 174 g/mol. The molecule has 13 heavy (non-hydrogen) atoms. The molecule has 0 saturated carbocycles. The van der Waals surface area contributed by atoms with Gasteiger partial charge in [-0.2, -0.15) is 0 Å². The first-order valence-corrected chi connectivity index (χ1v) is 4.27. The quantitative estimate of drug-likeness (QED) is 0.711. The predicted molar refractivity (Wildman–Crippen MR) is 51.7 cm³/mol. The van der Waals surface area contributed by atoms with E-state index >= 15 is 0 Å². The largest absolute Gasteiger partial charge is 0.345 e. The summed E-state index contributed by atoms with van der Waals surface area (Å²) in [6, 6.07) is 6.00. The number of hydrogen-bond acceptors (Lipinski definition) is 2. The molecule has 3 heteroatoms. The van der Waals surface area contributed by atoms with Gasteiger partial charge in [0.2, 0.25) is 0 Å². The predicted octanol–water partition coefficient (Wildman–Crippen LogP) is 1.49. The zero-order chi connectivity index (χ0) is 9.26. The average Bonchev–Trinajstić information content (AvgIpc) is 2.16. The summed E-state index contributed by atoms with van der Waals surface area (Å²) in [5, 5.41) is 0.969. The maximum atomic E-state index is 10.9. The Labute approximate surface area is 75.4 Å². The fourth-order valence-electron chi connectivity index (χ4n) is 1.32. The van der Waals surface area contributed by atoms with Crippen molar-refractivity contribution in [2.75, 3.05) is 0 Å². The summed E-state index contributed by atoms with van der Waals surface area (Å²) < 4.78 is 0. The van der Waals surface area contributed by atoms with Crippen LogP contribution in [0.15, 0.2) is 29.2 Å². The van der Waals surface area contributed by atoms with Gasteiger partial charge in [-0.1, -0.05) is 19.1 Å². The van der Waals surface area contributed by atoms with Gasteiger partial charge in [0.25, 0.3) is 0 Å². The highest BCUT2D eigenvalue weighted by Gasteiger charge is 1.95. The maximum absolute atomic E-state index is 10.9. The van der Waals surface area contributed by atoms with Crippen LogP contribution in [0, 0.1) is 0 Å². The molecule has 2 aromatic rings. The molecule has 0 aliphatic carbocycles. The van der Waals surface area contributed by atoms with Crippen molar-refractivity contribution in [3.05, 3.63) is 40.4 Å². The minimum absolute atomic E-state index is 0.291. The van der Waals surface area contributed by atoms with Crippen LogP contribution in [0.1, 0.15) is 12.5 Å². The highest BCUT2D eigenvalue weighted by atomic mass is 16.1. The molecule has 0 fully saturated rings. The fourth-order valence-corrected chi connectivity index (χ4v) is 1.32. The highest BCUT2D eigenvalue weighted by Crippen LogP contribution is 2.11. The Balaban J connectivity index is 2.75. The van der Waals surface area contributed by atoms with Crippen molar-refractivity contribution in [3.63, 3.8) is 0 Å². The van der Waals surface area contributed by atoms with E-state index < -0.39 is 0 Å². The summed E-state index contributed by atoms with van der Waals surface area (Å²) in [6.45, 7) is 2.08. The van der Waals surface area contributed by atoms with E-state index in [0.717, 1.165) is 17.3 Å². The monoisotopic (exact) mass is 174 g/mol. The smallest absolute Gasteiger partial charge is 0.305 e. The van der Waals surface area contributed by atoms with E-state index in [1.807, 2.05) is 18.2 Å². The maximum Gasteiger partial charge on any atom is 0.345 e. The van der Waals surface area contributed by atoms with Crippen LogP contribution in [0.25, 0.3) is 10.9 Å². The van der Waals surface area contributed by atoms with Crippen molar-refractivity contribution in [1.29, 1.82) is 0 Å². The minimum Gasteiger partial charge on any atom is -0.305 e. The van der Waals surface area contributed by atoms with Crippen molar-refractivity contribution >= 4 is 10.9 Å². The zero-order valence-electron chi connectivity index (χ0n) is 7.37. The molecular formula is C10H10N2O. The van der Waals surface area contributed by atoms with Crippen molar-refractivity contribution in [2.45, 2.75) is 13.3 Å². The van der Waals surface area contributed by atoms with Gasteiger partial charge in [0.1, 0.15) is 0 Å². The van der Waals surface area contributed by atoms with Gasteiger partial charge >= 0.3 is 5.69 Å². The Kier molecular flexibility index (Phi) is 1.85. The number of nitrogens with zero attached hydrogens (tertiary/aromatic N) is 1. The Bertz CT molecular complexity index is 487. The molecule has 0 atom stereocenters. The second kappa shape index (κ2) is 3.01. The van der Waals surface area contributed by atoms with E-state index in [9.17, 15) is 4.79 Å². The van der Waals surface area contributed by atoms with Crippen LogP contribution >= 0.6 is 0 Å². The topological polar surface area (TPSA) is 45.8 Å². The second-order valence-corrected chi connectivity index (χ2v) is 2.96. The Morgan fingerprint density at radius 3 is 3.08 bits per heavy atom. The van der Waals surface area contributed by atoms with E-state index in [1.54, 1.807) is 6.20 Å². The van der Waals surface area contributed by atoms with Crippen molar-refractivity contribution in [2.24, 2.45) is 0 Å². The van der Waals surface area contributed by atoms with Gasteiger partial charge in [0, 0.05) is 11.6 Å². The van der Waals surface area contributed by atoms with Gasteiger partial charge in [-0.15, -0.1) is 0 Å². The lowest BCUT2D eigenvalue weighted by Crippen LogP contribution is -2.08. The molecule has 0 radical (unpaired) electrons. The fraction of sp³-hybridized carbons (Fsp3) is 0.200. The third kappa shape index (κ3) is 1.45.